The van der Waals surface area contributed by atoms with Crippen molar-refractivity contribution in [2.24, 2.45) is 5.92 Å². The maximum atomic E-state index is 5.74. The summed E-state index contributed by atoms with van der Waals surface area (Å²) in [5.74, 6) is 2.35. The Morgan fingerprint density at radius 1 is 1.16 bits per heavy atom. The van der Waals surface area contributed by atoms with Crippen LogP contribution in [0, 0.1) is 5.92 Å². The van der Waals surface area contributed by atoms with Gasteiger partial charge in [-0.15, -0.1) is 6.58 Å². The first-order valence-corrected chi connectivity index (χ1v) is 6.77. The Kier molecular flexibility index (Phi) is 6.80. The van der Waals surface area contributed by atoms with Crippen LogP contribution < -0.4 is 9.47 Å². The first-order valence-electron chi connectivity index (χ1n) is 6.77. The number of hydrogen-bond acceptors (Lipinski definition) is 2. The highest BCUT2D eigenvalue weighted by Crippen LogP contribution is 2.26. The van der Waals surface area contributed by atoms with E-state index in [2.05, 4.69) is 27.0 Å². The van der Waals surface area contributed by atoms with E-state index in [0.717, 1.165) is 36.5 Å². The number of allylic oxidation sites excluding steroid dienone is 1. The molecule has 0 fully saturated rings. The van der Waals surface area contributed by atoms with Gasteiger partial charge in [-0.1, -0.05) is 38.6 Å². The molecule has 2 nitrogen and oxygen atoms in total. The summed E-state index contributed by atoms with van der Waals surface area (Å²) in [7, 11) is 0. The maximum absolute atomic E-state index is 5.74. The molecule has 0 aliphatic carbocycles. The van der Waals surface area contributed by atoms with E-state index < -0.39 is 0 Å². The van der Waals surface area contributed by atoms with Crippen LogP contribution in [0.4, 0.5) is 0 Å². The summed E-state index contributed by atoms with van der Waals surface area (Å²) in [4.78, 5) is 0. The average Bonchev–Trinajstić information content (AvgIpc) is 2.38. The van der Waals surface area contributed by atoms with Gasteiger partial charge < -0.3 is 9.47 Å². The molecule has 104 valence electrons. The third-order valence-corrected chi connectivity index (χ3v) is 2.72. The van der Waals surface area contributed by atoms with E-state index in [4.69, 9.17) is 9.47 Å². The van der Waals surface area contributed by atoms with Crippen LogP contribution in [0.3, 0.4) is 0 Å². The van der Waals surface area contributed by atoms with Crippen molar-refractivity contribution in [2.45, 2.75) is 26.7 Å². The number of benzene rings is 1. The lowest BCUT2D eigenvalue weighted by Gasteiger charge is -2.13. The minimum absolute atomic E-state index is 0.500. The molecule has 0 heterocycles. The fourth-order valence-corrected chi connectivity index (χ4v) is 1.64. The Hall–Kier alpha value is -1.70. The lowest BCUT2D eigenvalue weighted by Crippen LogP contribution is -2.03. The summed E-state index contributed by atoms with van der Waals surface area (Å²) >= 11 is 0. The Morgan fingerprint density at radius 2 is 1.95 bits per heavy atom. The van der Waals surface area contributed by atoms with Crippen LogP contribution >= 0.6 is 0 Å². The maximum Gasteiger partial charge on any atom is 0.126 e. The second-order valence-corrected chi connectivity index (χ2v) is 4.89. The molecule has 0 bridgehead atoms. The average molecular weight is 260 g/mol. The molecule has 0 amide bonds. The monoisotopic (exact) mass is 260 g/mol. The molecule has 19 heavy (non-hydrogen) atoms. The molecule has 2 heteroatoms. The first kappa shape index (κ1) is 15.4. The van der Waals surface area contributed by atoms with E-state index in [1.165, 1.54) is 0 Å². The Balaban J connectivity index is 2.72. The highest BCUT2D eigenvalue weighted by molar-refractivity contribution is 5.41. The summed E-state index contributed by atoms with van der Waals surface area (Å²) in [6, 6.07) is 5.97. The van der Waals surface area contributed by atoms with Crippen molar-refractivity contribution in [3.8, 4) is 11.5 Å². The van der Waals surface area contributed by atoms with Gasteiger partial charge in [0.1, 0.15) is 18.1 Å². The Bertz CT molecular complexity index is 408. The quantitative estimate of drug-likeness (QED) is 0.612. The lowest BCUT2D eigenvalue weighted by atomic mass is 10.1. The molecule has 0 aromatic heterocycles. The smallest absolute Gasteiger partial charge is 0.126 e. The van der Waals surface area contributed by atoms with E-state index in [9.17, 15) is 0 Å². The zero-order valence-corrected chi connectivity index (χ0v) is 12.0. The van der Waals surface area contributed by atoms with Gasteiger partial charge in [0.25, 0.3) is 0 Å². The molecule has 0 saturated carbocycles. The van der Waals surface area contributed by atoms with Crippen molar-refractivity contribution >= 4 is 0 Å². The fourth-order valence-electron chi connectivity index (χ4n) is 1.64. The summed E-state index contributed by atoms with van der Waals surface area (Å²) in [5.41, 5.74) is 1.12. The molecule has 1 aromatic rings. The van der Waals surface area contributed by atoms with Crippen molar-refractivity contribution in [3.63, 3.8) is 0 Å². The zero-order valence-electron chi connectivity index (χ0n) is 12.0. The van der Waals surface area contributed by atoms with Gasteiger partial charge >= 0.3 is 0 Å². The molecular formula is C17H24O2. The number of rotatable bonds is 9. The van der Waals surface area contributed by atoms with Crippen molar-refractivity contribution in [1.82, 2.24) is 0 Å². The SMILES string of the molecule is C=CCOc1cc(OCCC(C)C)ccc1CC=C. The summed E-state index contributed by atoms with van der Waals surface area (Å²) in [6.45, 7) is 13.0. The van der Waals surface area contributed by atoms with Crippen LogP contribution in [-0.4, -0.2) is 13.2 Å². The van der Waals surface area contributed by atoms with E-state index in [1.54, 1.807) is 6.08 Å². The van der Waals surface area contributed by atoms with Gasteiger partial charge in [0.15, 0.2) is 0 Å². The van der Waals surface area contributed by atoms with Crippen LogP contribution in [0.5, 0.6) is 11.5 Å². The predicted octanol–water partition coefficient (Wildman–Crippen LogP) is 4.40. The van der Waals surface area contributed by atoms with Crippen molar-refractivity contribution in [2.75, 3.05) is 13.2 Å². The first-order chi connectivity index (χ1) is 9.17. The third kappa shape index (κ3) is 5.64. The summed E-state index contributed by atoms with van der Waals surface area (Å²) in [5, 5.41) is 0. The van der Waals surface area contributed by atoms with Gasteiger partial charge in [-0.2, -0.15) is 0 Å². The second-order valence-electron chi connectivity index (χ2n) is 4.89. The van der Waals surface area contributed by atoms with E-state index in [-0.39, 0.29) is 0 Å². The normalized spacial score (nSPS) is 10.3. The van der Waals surface area contributed by atoms with Crippen LogP contribution in [0.1, 0.15) is 25.8 Å². The van der Waals surface area contributed by atoms with Gasteiger partial charge in [0, 0.05) is 6.07 Å². The molecular weight excluding hydrogens is 236 g/mol. The molecule has 0 atom stereocenters. The molecule has 0 saturated heterocycles. The molecule has 1 aromatic carbocycles. The summed E-state index contributed by atoms with van der Waals surface area (Å²) in [6.07, 6.45) is 5.45. The van der Waals surface area contributed by atoms with Gasteiger partial charge in [-0.05, 0) is 30.4 Å². The predicted molar refractivity (Wildman–Crippen MR) is 81.0 cm³/mol. The molecule has 1 rings (SSSR count). The molecule has 0 N–H and O–H groups in total. The van der Waals surface area contributed by atoms with Crippen LogP contribution in [0.2, 0.25) is 0 Å². The minimum atomic E-state index is 0.500. The highest BCUT2D eigenvalue weighted by atomic mass is 16.5. The Labute approximate surface area is 116 Å². The molecule has 0 radical (unpaired) electrons. The topological polar surface area (TPSA) is 18.5 Å². The van der Waals surface area contributed by atoms with Crippen molar-refractivity contribution < 1.29 is 9.47 Å². The number of ether oxygens (including phenoxy) is 2. The van der Waals surface area contributed by atoms with Crippen molar-refractivity contribution in [1.29, 1.82) is 0 Å². The van der Waals surface area contributed by atoms with Crippen LogP contribution in [0.25, 0.3) is 0 Å². The Morgan fingerprint density at radius 3 is 2.58 bits per heavy atom. The van der Waals surface area contributed by atoms with Gasteiger partial charge in [-0.25, -0.2) is 0 Å². The molecule has 0 aliphatic rings. The molecule has 0 unspecified atom stereocenters. The van der Waals surface area contributed by atoms with Gasteiger partial charge in [0.2, 0.25) is 0 Å². The number of hydrogen-bond donors (Lipinski definition) is 0. The van der Waals surface area contributed by atoms with E-state index in [1.807, 2.05) is 24.3 Å². The van der Waals surface area contributed by atoms with Gasteiger partial charge in [0.05, 0.1) is 6.61 Å². The fraction of sp³-hybridized carbons (Fsp3) is 0.412. The largest absolute Gasteiger partial charge is 0.493 e. The van der Waals surface area contributed by atoms with E-state index >= 15 is 0 Å². The van der Waals surface area contributed by atoms with Crippen LogP contribution in [0.15, 0.2) is 43.5 Å². The van der Waals surface area contributed by atoms with E-state index in [0.29, 0.717) is 12.5 Å². The van der Waals surface area contributed by atoms with Crippen LogP contribution in [-0.2, 0) is 6.42 Å². The third-order valence-electron chi connectivity index (χ3n) is 2.72. The summed E-state index contributed by atoms with van der Waals surface area (Å²) < 4.78 is 11.4. The standard InChI is InChI=1S/C17H24O2/c1-5-7-15-8-9-16(18-12-10-14(3)4)13-17(15)19-11-6-2/h5-6,8-9,13-14H,1-2,7,10-12H2,3-4H3. The second kappa shape index (κ2) is 8.41. The zero-order chi connectivity index (χ0) is 14.1. The lowest BCUT2D eigenvalue weighted by molar-refractivity contribution is 0.286. The molecule has 0 spiro atoms. The van der Waals surface area contributed by atoms with Gasteiger partial charge in [-0.3, -0.25) is 0 Å². The minimum Gasteiger partial charge on any atom is -0.493 e. The highest BCUT2D eigenvalue weighted by Gasteiger charge is 2.05. The van der Waals surface area contributed by atoms with Crippen molar-refractivity contribution in [3.05, 3.63) is 49.1 Å². The molecule has 0 aliphatic heterocycles.